The van der Waals surface area contributed by atoms with Gasteiger partial charge < -0.3 is 14.4 Å². The first-order valence-electron chi connectivity index (χ1n) is 10.1. The van der Waals surface area contributed by atoms with Crippen molar-refractivity contribution in [2.45, 2.75) is 20.4 Å². The number of benzene rings is 3. The van der Waals surface area contributed by atoms with Gasteiger partial charge in [-0.3, -0.25) is 0 Å². The van der Waals surface area contributed by atoms with Crippen molar-refractivity contribution in [3.05, 3.63) is 89.6 Å². The lowest BCUT2D eigenvalue weighted by Gasteiger charge is -2.09. The van der Waals surface area contributed by atoms with Gasteiger partial charge in [-0.15, -0.1) is 5.11 Å². The molecule has 0 aliphatic heterocycles. The van der Waals surface area contributed by atoms with Crippen LogP contribution in [0.2, 0.25) is 0 Å². The third-order valence-electron chi connectivity index (χ3n) is 5.13. The number of hydrogen-bond acceptors (Lipinski definition) is 5. The highest BCUT2D eigenvalue weighted by molar-refractivity contribution is 6.11. The molecule has 1 N–H and O–H groups in total. The van der Waals surface area contributed by atoms with Gasteiger partial charge in [-0.2, -0.15) is 5.11 Å². The lowest BCUT2D eigenvalue weighted by atomic mass is 10.1. The molecule has 1 heterocycles. The number of rotatable bonds is 6. The zero-order valence-electron chi connectivity index (χ0n) is 17.4. The summed E-state index contributed by atoms with van der Waals surface area (Å²) in [5.41, 5.74) is 3.92. The number of hydrogen-bond donors (Lipinski definition) is 1. The number of carbonyl (C=O) groups excluding carboxylic acids is 1. The third kappa shape index (κ3) is 4.05. The molecule has 0 radical (unpaired) electrons. The van der Waals surface area contributed by atoms with E-state index in [0.717, 1.165) is 16.8 Å². The smallest absolute Gasteiger partial charge is 0.340 e. The van der Waals surface area contributed by atoms with Gasteiger partial charge in [-0.1, -0.05) is 48.5 Å². The number of phenols is 1. The van der Waals surface area contributed by atoms with Crippen molar-refractivity contribution in [3.8, 4) is 5.75 Å². The molecule has 0 spiro atoms. The summed E-state index contributed by atoms with van der Waals surface area (Å²) >= 11 is 0. The maximum atomic E-state index is 12.9. The van der Waals surface area contributed by atoms with Gasteiger partial charge in [0.15, 0.2) is 0 Å². The highest BCUT2D eigenvalue weighted by Crippen LogP contribution is 2.41. The zero-order chi connectivity index (χ0) is 21.8. The SMILES string of the molecule is CCOC(=O)c1c(C)n(Cc2ccccc2)c2ccc(O)c(N=Nc3ccccc3)c12. The van der Waals surface area contributed by atoms with Gasteiger partial charge in [0.05, 0.1) is 23.4 Å². The predicted octanol–water partition coefficient (Wildman–Crippen LogP) is 6.30. The number of phenolic OH excluding ortho intramolecular Hbond substituents is 1. The van der Waals surface area contributed by atoms with E-state index in [2.05, 4.69) is 10.2 Å². The summed E-state index contributed by atoms with van der Waals surface area (Å²) < 4.78 is 7.37. The van der Waals surface area contributed by atoms with Gasteiger partial charge in [-0.05, 0) is 43.7 Å². The molecule has 4 aromatic rings. The standard InChI is InChI=1S/C25H23N3O3/c1-3-31-25(30)22-17(2)28(16-18-10-6-4-7-11-18)20-14-15-21(29)24(23(20)22)27-26-19-12-8-5-9-13-19/h4-15,29H,3,16H2,1-2H3. The maximum absolute atomic E-state index is 12.9. The maximum Gasteiger partial charge on any atom is 0.340 e. The summed E-state index contributed by atoms with van der Waals surface area (Å²) in [4.78, 5) is 12.9. The van der Waals surface area contributed by atoms with Crippen molar-refractivity contribution < 1.29 is 14.6 Å². The summed E-state index contributed by atoms with van der Waals surface area (Å²) in [5.74, 6) is -0.492. The van der Waals surface area contributed by atoms with Crippen molar-refractivity contribution in [3.63, 3.8) is 0 Å². The van der Waals surface area contributed by atoms with E-state index >= 15 is 0 Å². The number of carbonyl (C=O) groups is 1. The quantitative estimate of drug-likeness (QED) is 0.298. The third-order valence-corrected chi connectivity index (χ3v) is 5.13. The van der Waals surface area contributed by atoms with Crippen LogP contribution in [0, 0.1) is 6.92 Å². The Morgan fingerprint density at radius 1 is 0.968 bits per heavy atom. The fraction of sp³-hybridized carbons (Fsp3) is 0.160. The van der Waals surface area contributed by atoms with Crippen molar-refractivity contribution in [1.82, 2.24) is 4.57 Å². The average Bonchev–Trinajstić information content (AvgIpc) is 3.06. The van der Waals surface area contributed by atoms with Crippen LogP contribution in [-0.2, 0) is 11.3 Å². The zero-order valence-corrected chi connectivity index (χ0v) is 17.4. The molecule has 6 nitrogen and oxygen atoms in total. The minimum Gasteiger partial charge on any atom is -0.506 e. The highest BCUT2D eigenvalue weighted by atomic mass is 16.5. The van der Waals surface area contributed by atoms with E-state index in [1.54, 1.807) is 19.1 Å². The lowest BCUT2D eigenvalue weighted by molar-refractivity contribution is 0.0527. The van der Waals surface area contributed by atoms with Crippen LogP contribution in [0.3, 0.4) is 0 Å². The molecule has 1 aromatic heterocycles. The van der Waals surface area contributed by atoms with E-state index < -0.39 is 5.97 Å². The Bertz CT molecular complexity index is 1250. The normalized spacial score (nSPS) is 11.3. The summed E-state index contributed by atoms with van der Waals surface area (Å²) in [5, 5.41) is 19.7. The van der Waals surface area contributed by atoms with Crippen molar-refractivity contribution >= 4 is 28.2 Å². The van der Waals surface area contributed by atoms with Gasteiger partial charge in [0.2, 0.25) is 0 Å². The second kappa shape index (κ2) is 8.83. The first kappa shape index (κ1) is 20.3. The van der Waals surface area contributed by atoms with Crippen LogP contribution < -0.4 is 0 Å². The molecule has 0 saturated carbocycles. The van der Waals surface area contributed by atoms with Gasteiger partial charge >= 0.3 is 5.97 Å². The van der Waals surface area contributed by atoms with Crippen LogP contribution in [0.15, 0.2) is 83.0 Å². The highest BCUT2D eigenvalue weighted by Gasteiger charge is 2.25. The van der Waals surface area contributed by atoms with E-state index in [4.69, 9.17) is 4.74 Å². The minimum absolute atomic E-state index is 0.0467. The van der Waals surface area contributed by atoms with Crippen LogP contribution >= 0.6 is 0 Å². The van der Waals surface area contributed by atoms with Crippen LogP contribution in [0.4, 0.5) is 11.4 Å². The Balaban J connectivity index is 1.93. The van der Waals surface area contributed by atoms with Crippen LogP contribution in [0.5, 0.6) is 5.75 Å². The van der Waals surface area contributed by atoms with Crippen molar-refractivity contribution in [1.29, 1.82) is 0 Å². The minimum atomic E-state index is -0.446. The Hall–Kier alpha value is -3.93. The van der Waals surface area contributed by atoms with Crippen molar-refractivity contribution in [2.75, 3.05) is 6.61 Å². The number of fused-ring (bicyclic) bond motifs is 1. The molecule has 0 saturated heterocycles. The Labute approximate surface area is 180 Å². The molecule has 0 aliphatic carbocycles. The van der Waals surface area contributed by atoms with Gasteiger partial charge in [0.25, 0.3) is 0 Å². The molecular weight excluding hydrogens is 390 g/mol. The molecule has 0 atom stereocenters. The summed E-state index contributed by atoms with van der Waals surface area (Å²) in [7, 11) is 0. The first-order chi connectivity index (χ1) is 15.1. The molecule has 0 amide bonds. The Morgan fingerprint density at radius 3 is 2.32 bits per heavy atom. The molecule has 3 aromatic carbocycles. The number of aromatic hydroxyl groups is 1. The molecule has 0 bridgehead atoms. The first-order valence-corrected chi connectivity index (χ1v) is 10.1. The Kier molecular flexibility index (Phi) is 5.80. The molecule has 156 valence electrons. The van der Waals surface area contributed by atoms with E-state index in [-0.39, 0.29) is 18.0 Å². The van der Waals surface area contributed by atoms with E-state index in [1.165, 1.54) is 0 Å². The molecule has 6 heteroatoms. The lowest BCUT2D eigenvalue weighted by Crippen LogP contribution is -2.08. The predicted molar refractivity (Wildman–Crippen MR) is 120 cm³/mol. The van der Waals surface area contributed by atoms with Gasteiger partial charge in [0, 0.05) is 17.6 Å². The number of azo groups is 1. The Morgan fingerprint density at radius 2 is 1.65 bits per heavy atom. The van der Waals surface area contributed by atoms with E-state index in [1.807, 2.05) is 72.2 Å². The van der Waals surface area contributed by atoms with Crippen molar-refractivity contribution in [2.24, 2.45) is 10.2 Å². The molecular formula is C25H23N3O3. The summed E-state index contributed by atoms with van der Waals surface area (Å²) in [6, 6.07) is 22.6. The molecule has 4 rings (SSSR count). The monoisotopic (exact) mass is 413 g/mol. The van der Waals surface area contributed by atoms with E-state index in [0.29, 0.717) is 23.2 Å². The fourth-order valence-electron chi connectivity index (χ4n) is 3.66. The summed E-state index contributed by atoms with van der Waals surface area (Å²) in [6.45, 7) is 4.47. The van der Waals surface area contributed by atoms with Crippen LogP contribution in [0.25, 0.3) is 10.9 Å². The van der Waals surface area contributed by atoms with Gasteiger partial charge in [0.1, 0.15) is 11.4 Å². The number of esters is 1. The summed E-state index contributed by atoms with van der Waals surface area (Å²) in [6.07, 6.45) is 0. The average molecular weight is 413 g/mol. The second-order valence-electron chi connectivity index (χ2n) is 7.12. The molecule has 31 heavy (non-hydrogen) atoms. The topological polar surface area (TPSA) is 76.2 Å². The fourth-order valence-corrected chi connectivity index (χ4v) is 3.66. The number of ether oxygens (including phenoxy) is 1. The molecule has 0 fully saturated rings. The molecule has 0 unspecified atom stereocenters. The number of nitrogens with zero attached hydrogens (tertiary/aromatic N) is 3. The second-order valence-corrected chi connectivity index (χ2v) is 7.12. The molecule has 0 aliphatic rings. The van der Waals surface area contributed by atoms with Crippen LogP contribution in [0.1, 0.15) is 28.5 Å². The van der Waals surface area contributed by atoms with Gasteiger partial charge in [-0.25, -0.2) is 4.79 Å². The van der Waals surface area contributed by atoms with Crippen LogP contribution in [-0.4, -0.2) is 22.2 Å². The van der Waals surface area contributed by atoms with E-state index in [9.17, 15) is 9.90 Å². The largest absolute Gasteiger partial charge is 0.506 e. The number of aromatic nitrogens is 1.